The zero-order valence-electron chi connectivity index (χ0n) is 9.23. The molecule has 0 amide bonds. The third kappa shape index (κ3) is 2.24. The quantitative estimate of drug-likeness (QED) is 0.464. The second-order valence-electron chi connectivity index (χ2n) is 3.61. The van der Waals surface area contributed by atoms with Gasteiger partial charge in [-0.2, -0.15) is 0 Å². The molecule has 0 spiro atoms. The molecule has 0 atom stereocenters. The fourth-order valence-electron chi connectivity index (χ4n) is 1.76. The van der Waals surface area contributed by atoms with Gasteiger partial charge in [-0.3, -0.25) is 10.3 Å². The van der Waals surface area contributed by atoms with Crippen LogP contribution in [0, 0.1) is 0 Å². The number of carboxylic acids is 1. The lowest BCUT2D eigenvalue weighted by atomic mass is 9.99. The number of allylic oxidation sites excluding steroid dienone is 1. The van der Waals surface area contributed by atoms with Crippen molar-refractivity contribution in [2.45, 2.75) is 12.8 Å². The Morgan fingerprint density at radius 1 is 1.71 bits per heavy atom. The SMILES string of the molecule is C=CCONC1=CCCc2occ(C(=O)O)c21. The molecule has 0 aliphatic heterocycles. The van der Waals surface area contributed by atoms with Crippen LogP contribution in [0.25, 0.3) is 5.70 Å². The van der Waals surface area contributed by atoms with Crippen LogP contribution in [0.1, 0.15) is 28.1 Å². The molecule has 2 rings (SSSR count). The summed E-state index contributed by atoms with van der Waals surface area (Å²) in [7, 11) is 0. The van der Waals surface area contributed by atoms with E-state index in [1.807, 2.05) is 6.08 Å². The maximum absolute atomic E-state index is 11.0. The number of nitrogens with one attached hydrogen (secondary N) is 1. The van der Waals surface area contributed by atoms with Gasteiger partial charge in [-0.05, 0) is 6.42 Å². The van der Waals surface area contributed by atoms with Gasteiger partial charge in [0.15, 0.2) is 0 Å². The minimum atomic E-state index is -1.01. The molecule has 90 valence electrons. The maximum atomic E-state index is 11.0. The summed E-state index contributed by atoms with van der Waals surface area (Å²) in [5.41, 5.74) is 4.09. The number of aryl methyl sites for hydroxylation is 1. The Labute approximate surface area is 98.3 Å². The number of rotatable bonds is 5. The van der Waals surface area contributed by atoms with Crippen LogP contribution in [0.4, 0.5) is 0 Å². The van der Waals surface area contributed by atoms with Crippen molar-refractivity contribution in [2.75, 3.05) is 6.61 Å². The highest BCUT2D eigenvalue weighted by Crippen LogP contribution is 2.29. The van der Waals surface area contributed by atoms with Crippen LogP contribution in [-0.2, 0) is 11.3 Å². The highest BCUT2D eigenvalue weighted by molar-refractivity contribution is 5.94. The van der Waals surface area contributed by atoms with Crippen molar-refractivity contribution in [3.63, 3.8) is 0 Å². The van der Waals surface area contributed by atoms with E-state index in [4.69, 9.17) is 14.4 Å². The van der Waals surface area contributed by atoms with E-state index in [1.54, 1.807) is 6.08 Å². The van der Waals surface area contributed by atoms with Crippen LogP contribution in [0.15, 0.2) is 29.4 Å². The molecular formula is C12H13NO4. The van der Waals surface area contributed by atoms with Gasteiger partial charge >= 0.3 is 5.97 Å². The second-order valence-corrected chi connectivity index (χ2v) is 3.61. The van der Waals surface area contributed by atoms with Gasteiger partial charge in [0, 0.05) is 6.42 Å². The van der Waals surface area contributed by atoms with Gasteiger partial charge in [0.25, 0.3) is 0 Å². The van der Waals surface area contributed by atoms with E-state index in [-0.39, 0.29) is 5.56 Å². The number of hydroxylamine groups is 1. The largest absolute Gasteiger partial charge is 0.478 e. The molecular weight excluding hydrogens is 222 g/mol. The molecule has 1 aliphatic carbocycles. The summed E-state index contributed by atoms with van der Waals surface area (Å²) in [5.74, 6) is -0.331. The van der Waals surface area contributed by atoms with Gasteiger partial charge < -0.3 is 9.52 Å². The monoisotopic (exact) mass is 235 g/mol. The van der Waals surface area contributed by atoms with Crippen molar-refractivity contribution in [3.8, 4) is 0 Å². The first-order chi connectivity index (χ1) is 8.24. The number of furan rings is 1. The Balaban J connectivity index is 2.25. The molecule has 0 bridgehead atoms. The molecule has 1 aromatic rings. The average Bonchev–Trinajstić information content (AvgIpc) is 2.74. The van der Waals surface area contributed by atoms with Crippen LogP contribution >= 0.6 is 0 Å². The van der Waals surface area contributed by atoms with E-state index >= 15 is 0 Å². The molecule has 0 fully saturated rings. The van der Waals surface area contributed by atoms with Gasteiger partial charge in [-0.1, -0.05) is 12.2 Å². The molecule has 0 radical (unpaired) electrons. The lowest BCUT2D eigenvalue weighted by Gasteiger charge is -2.15. The smallest absolute Gasteiger partial charge is 0.339 e. The summed E-state index contributed by atoms with van der Waals surface area (Å²) in [5, 5.41) is 9.05. The van der Waals surface area contributed by atoms with Crippen molar-refractivity contribution < 1.29 is 19.2 Å². The van der Waals surface area contributed by atoms with Crippen molar-refractivity contribution in [2.24, 2.45) is 0 Å². The lowest BCUT2D eigenvalue weighted by Crippen LogP contribution is -2.17. The third-order valence-electron chi connectivity index (χ3n) is 2.47. The lowest BCUT2D eigenvalue weighted by molar-refractivity contribution is 0.0695. The molecule has 5 heteroatoms. The first kappa shape index (κ1) is 11.5. The van der Waals surface area contributed by atoms with Crippen LogP contribution in [-0.4, -0.2) is 17.7 Å². The number of hydrogen-bond acceptors (Lipinski definition) is 4. The predicted molar refractivity (Wildman–Crippen MR) is 61.3 cm³/mol. The summed E-state index contributed by atoms with van der Waals surface area (Å²) in [6.07, 6.45) is 6.26. The standard InChI is InChI=1S/C12H13NO4/c1-2-6-17-13-9-4-3-5-10-11(9)8(7-16-10)12(14)15/h2,4,7,13H,1,3,5-6H2,(H,14,15). The highest BCUT2D eigenvalue weighted by Gasteiger charge is 2.24. The van der Waals surface area contributed by atoms with Crippen molar-refractivity contribution >= 4 is 11.7 Å². The number of aromatic carboxylic acids is 1. The zero-order valence-corrected chi connectivity index (χ0v) is 9.23. The fraction of sp³-hybridized carbons (Fsp3) is 0.250. The van der Waals surface area contributed by atoms with Gasteiger partial charge in [0.2, 0.25) is 0 Å². The number of fused-ring (bicyclic) bond motifs is 1. The van der Waals surface area contributed by atoms with Gasteiger partial charge in [-0.15, -0.1) is 6.58 Å². The molecule has 1 aromatic heterocycles. The molecule has 0 saturated carbocycles. The van der Waals surface area contributed by atoms with Crippen molar-refractivity contribution in [3.05, 3.63) is 41.9 Å². The normalized spacial score (nSPS) is 13.8. The van der Waals surface area contributed by atoms with Crippen molar-refractivity contribution in [1.82, 2.24) is 5.48 Å². The molecule has 17 heavy (non-hydrogen) atoms. The Hall–Kier alpha value is -2.01. The third-order valence-corrected chi connectivity index (χ3v) is 2.47. The average molecular weight is 235 g/mol. The molecule has 0 saturated heterocycles. The molecule has 1 heterocycles. The van der Waals surface area contributed by atoms with E-state index in [9.17, 15) is 4.79 Å². The summed E-state index contributed by atoms with van der Waals surface area (Å²) < 4.78 is 5.25. The van der Waals surface area contributed by atoms with E-state index in [0.717, 1.165) is 6.42 Å². The summed E-state index contributed by atoms with van der Waals surface area (Å²) in [6, 6.07) is 0. The van der Waals surface area contributed by atoms with E-state index in [0.29, 0.717) is 30.0 Å². The number of carbonyl (C=O) groups is 1. The summed E-state index contributed by atoms with van der Waals surface area (Å²) in [4.78, 5) is 16.1. The Bertz CT molecular complexity index is 473. The van der Waals surface area contributed by atoms with Crippen LogP contribution < -0.4 is 5.48 Å². The molecule has 1 aliphatic rings. The Kier molecular flexibility index (Phi) is 3.30. The van der Waals surface area contributed by atoms with Crippen LogP contribution in [0.5, 0.6) is 0 Å². The first-order valence-corrected chi connectivity index (χ1v) is 5.27. The zero-order chi connectivity index (χ0) is 12.3. The highest BCUT2D eigenvalue weighted by atomic mass is 16.6. The summed E-state index contributed by atoms with van der Waals surface area (Å²) in [6.45, 7) is 3.87. The molecule has 5 nitrogen and oxygen atoms in total. The number of carboxylic acid groups (broad SMARTS) is 1. The van der Waals surface area contributed by atoms with Gasteiger partial charge in [0.05, 0.1) is 17.9 Å². The molecule has 0 unspecified atom stereocenters. The van der Waals surface area contributed by atoms with Gasteiger partial charge in [0.1, 0.15) is 17.6 Å². The van der Waals surface area contributed by atoms with Crippen LogP contribution in [0.2, 0.25) is 0 Å². The Morgan fingerprint density at radius 2 is 2.53 bits per heavy atom. The van der Waals surface area contributed by atoms with Crippen LogP contribution in [0.3, 0.4) is 0 Å². The first-order valence-electron chi connectivity index (χ1n) is 5.27. The maximum Gasteiger partial charge on any atom is 0.339 e. The molecule has 2 N–H and O–H groups in total. The van der Waals surface area contributed by atoms with E-state index in [1.165, 1.54) is 6.26 Å². The Morgan fingerprint density at radius 3 is 3.24 bits per heavy atom. The summed E-state index contributed by atoms with van der Waals surface area (Å²) >= 11 is 0. The minimum absolute atomic E-state index is 0.153. The topological polar surface area (TPSA) is 71.7 Å². The molecule has 0 aromatic carbocycles. The van der Waals surface area contributed by atoms with E-state index < -0.39 is 5.97 Å². The predicted octanol–water partition coefficient (Wildman–Crippen LogP) is 1.97. The fourth-order valence-corrected chi connectivity index (χ4v) is 1.76. The number of hydrogen-bond donors (Lipinski definition) is 2. The minimum Gasteiger partial charge on any atom is -0.478 e. The van der Waals surface area contributed by atoms with Crippen molar-refractivity contribution in [1.29, 1.82) is 0 Å². The van der Waals surface area contributed by atoms with E-state index in [2.05, 4.69) is 12.1 Å². The second kappa shape index (κ2) is 4.88. The van der Waals surface area contributed by atoms with Gasteiger partial charge in [-0.25, -0.2) is 4.79 Å².